The lowest BCUT2D eigenvalue weighted by Crippen LogP contribution is -2.47. The normalized spacial score (nSPS) is 26.5. The van der Waals surface area contributed by atoms with Crippen LogP contribution >= 0.6 is 15.9 Å². The molecular weight excluding hydrogens is 228 g/mol. The molecule has 0 aromatic rings. The molecule has 3 heteroatoms. The van der Waals surface area contributed by atoms with E-state index < -0.39 is 0 Å². The summed E-state index contributed by atoms with van der Waals surface area (Å²) >= 11 is 3.50. The average molecular weight is 247 g/mol. The summed E-state index contributed by atoms with van der Waals surface area (Å²) < 4.78 is 0. The van der Waals surface area contributed by atoms with Crippen LogP contribution in [-0.4, -0.2) is 54.4 Å². The zero-order valence-corrected chi connectivity index (χ0v) is 9.80. The van der Waals surface area contributed by atoms with Crippen molar-refractivity contribution in [3.63, 3.8) is 0 Å². The number of nitrogens with zero attached hydrogens (tertiary/aromatic N) is 2. The Morgan fingerprint density at radius 3 is 2.15 bits per heavy atom. The molecule has 1 saturated heterocycles. The van der Waals surface area contributed by atoms with E-state index >= 15 is 0 Å². The van der Waals surface area contributed by atoms with Crippen LogP contribution in [0.25, 0.3) is 0 Å². The molecule has 2 fully saturated rings. The van der Waals surface area contributed by atoms with Gasteiger partial charge in [-0.3, -0.25) is 4.90 Å². The molecule has 1 aliphatic heterocycles. The maximum atomic E-state index is 3.50. The summed E-state index contributed by atoms with van der Waals surface area (Å²) in [5.74, 6) is 1.06. The monoisotopic (exact) mass is 246 g/mol. The van der Waals surface area contributed by atoms with Crippen LogP contribution in [0, 0.1) is 5.92 Å². The molecule has 13 heavy (non-hydrogen) atoms. The van der Waals surface area contributed by atoms with Gasteiger partial charge in [-0.2, -0.15) is 0 Å². The standard InChI is InChI=1S/C10H19BrN2/c11-3-4-12-5-7-13(8-6-12)9-10-1-2-10/h10H,1-9H2. The highest BCUT2D eigenvalue weighted by atomic mass is 79.9. The predicted octanol–water partition coefficient (Wildman–Crippen LogP) is 1.41. The Hall–Kier alpha value is 0.400. The number of piperazine rings is 1. The van der Waals surface area contributed by atoms with Gasteiger partial charge in [0.25, 0.3) is 0 Å². The third kappa shape index (κ3) is 3.22. The van der Waals surface area contributed by atoms with Gasteiger partial charge in [0.1, 0.15) is 0 Å². The Morgan fingerprint density at radius 2 is 1.62 bits per heavy atom. The van der Waals surface area contributed by atoms with Gasteiger partial charge in [0, 0.05) is 44.6 Å². The molecule has 1 saturated carbocycles. The first-order valence-corrected chi connectivity index (χ1v) is 6.51. The molecule has 1 aliphatic carbocycles. The molecule has 0 atom stereocenters. The van der Waals surface area contributed by atoms with E-state index in [1.807, 2.05) is 0 Å². The van der Waals surface area contributed by atoms with Crippen molar-refractivity contribution in [1.29, 1.82) is 0 Å². The molecule has 0 aromatic heterocycles. The molecule has 1 heterocycles. The van der Waals surface area contributed by atoms with Crippen molar-refractivity contribution < 1.29 is 0 Å². The first kappa shape index (κ1) is 9.94. The van der Waals surface area contributed by atoms with Crippen molar-refractivity contribution in [3.05, 3.63) is 0 Å². The van der Waals surface area contributed by atoms with E-state index in [0.29, 0.717) is 0 Å². The van der Waals surface area contributed by atoms with E-state index in [1.54, 1.807) is 0 Å². The number of hydrogen-bond acceptors (Lipinski definition) is 2. The lowest BCUT2D eigenvalue weighted by atomic mass is 10.3. The summed E-state index contributed by atoms with van der Waals surface area (Å²) in [5, 5.41) is 1.12. The van der Waals surface area contributed by atoms with Crippen molar-refractivity contribution in [2.24, 2.45) is 5.92 Å². The minimum atomic E-state index is 1.06. The van der Waals surface area contributed by atoms with E-state index in [1.165, 1.54) is 52.1 Å². The fourth-order valence-electron chi connectivity index (χ4n) is 1.98. The lowest BCUT2D eigenvalue weighted by Gasteiger charge is -2.34. The van der Waals surface area contributed by atoms with Crippen molar-refractivity contribution in [1.82, 2.24) is 9.80 Å². The lowest BCUT2D eigenvalue weighted by molar-refractivity contribution is 0.134. The van der Waals surface area contributed by atoms with E-state index in [2.05, 4.69) is 25.7 Å². The minimum Gasteiger partial charge on any atom is -0.301 e. The Bertz CT molecular complexity index is 151. The van der Waals surface area contributed by atoms with E-state index in [0.717, 1.165) is 11.2 Å². The van der Waals surface area contributed by atoms with Crippen LogP contribution in [0.5, 0.6) is 0 Å². The van der Waals surface area contributed by atoms with Crippen LogP contribution in [0.3, 0.4) is 0 Å². The second kappa shape index (κ2) is 4.76. The van der Waals surface area contributed by atoms with Gasteiger partial charge in [-0.25, -0.2) is 0 Å². The smallest absolute Gasteiger partial charge is 0.0159 e. The van der Waals surface area contributed by atoms with Gasteiger partial charge in [0.2, 0.25) is 0 Å². The first-order chi connectivity index (χ1) is 6.38. The Kier molecular flexibility index (Phi) is 3.64. The minimum absolute atomic E-state index is 1.06. The molecule has 0 unspecified atom stereocenters. The fourth-order valence-corrected chi connectivity index (χ4v) is 2.48. The quantitative estimate of drug-likeness (QED) is 0.693. The number of halogens is 1. The van der Waals surface area contributed by atoms with E-state index in [4.69, 9.17) is 0 Å². The maximum absolute atomic E-state index is 3.50. The van der Waals surface area contributed by atoms with Crippen LogP contribution in [0.1, 0.15) is 12.8 Å². The van der Waals surface area contributed by atoms with Crippen LogP contribution in [0.15, 0.2) is 0 Å². The molecule has 2 rings (SSSR count). The summed E-state index contributed by atoms with van der Waals surface area (Å²) in [5.41, 5.74) is 0. The van der Waals surface area contributed by atoms with E-state index in [9.17, 15) is 0 Å². The molecule has 0 N–H and O–H groups in total. The summed E-state index contributed by atoms with van der Waals surface area (Å²) in [6.45, 7) is 7.74. The van der Waals surface area contributed by atoms with Crippen molar-refractivity contribution >= 4 is 15.9 Å². The number of rotatable bonds is 4. The highest BCUT2D eigenvalue weighted by Gasteiger charge is 2.25. The topological polar surface area (TPSA) is 6.48 Å². The summed E-state index contributed by atoms with van der Waals surface area (Å²) in [7, 11) is 0. The first-order valence-electron chi connectivity index (χ1n) is 5.39. The fraction of sp³-hybridized carbons (Fsp3) is 1.00. The zero-order valence-electron chi connectivity index (χ0n) is 8.21. The second-order valence-corrected chi connectivity index (χ2v) is 5.07. The van der Waals surface area contributed by atoms with Gasteiger partial charge in [-0.15, -0.1) is 0 Å². The second-order valence-electron chi connectivity index (χ2n) is 4.27. The van der Waals surface area contributed by atoms with Gasteiger partial charge >= 0.3 is 0 Å². The molecule has 0 radical (unpaired) electrons. The molecule has 2 nitrogen and oxygen atoms in total. The molecule has 0 amide bonds. The highest BCUT2D eigenvalue weighted by Crippen LogP contribution is 2.29. The van der Waals surface area contributed by atoms with Gasteiger partial charge in [0.15, 0.2) is 0 Å². The maximum Gasteiger partial charge on any atom is 0.0159 e. The van der Waals surface area contributed by atoms with E-state index in [-0.39, 0.29) is 0 Å². The zero-order chi connectivity index (χ0) is 9.10. The Balaban J connectivity index is 1.63. The third-order valence-electron chi connectivity index (χ3n) is 3.08. The largest absolute Gasteiger partial charge is 0.301 e. The summed E-state index contributed by atoms with van der Waals surface area (Å²) in [4.78, 5) is 5.19. The van der Waals surface area contributed by atoms with Crippen LogP contribution in [0.2, 0.25) is 0 Å². The van der Waals surface area contributed by atoms with Crippen LogP contribution in [0.4, 0.5) is 0 Å². The van der Waals surface area contributed by atoms with Crippen molar-refractivity contribution in [3.8, 4) is 0 Å². The van der Waals surface area contributed by atoms with Crippen LogP contribution in [-0.2, 0) is 0 Å². The SMILES string of the molecule is BrCCN1CCN(CC2CC2)CC1. The van der Waals surface area contributed by atoms with Crippen LogP contribution < -0.4 is 0 Å². The molecule has 0 bridgehead atoms. The van der Waals surface area contributed by atoms with Gasteiger partial charge in [-0.05, 0) is 18.8 Å². The average Bonchev–Trinajstić information content (AvgIpc) is 2.93. The highest BCUT2D eigenvalue weighted by molar-refractivity contribution is 9.09. The Morgan fingerprint density at radius 1 is 1.00 bits per heavy atom. The molecular formula is C10H19BrN2. The summed E-state index contributed by atoms with van der Waals surface area (Å²) in [6.07, 6.45) is 2.98. The van der Waals surface area contributed by atoms with Crippen molar-refractivity contribution in [2.75, 3.05) is 44.6 Å². The number of alkyl halides is 1. The molecule has 2 aliphatic rings. The van der Waals surface area contributed by atoms with Gasteiger partial charge < -0.3 is 4.90 Å². The number of hydrogen-bond donors (Lipinski definition) is 0. The summed E-state index contributed by atoms with van der Waals surface area (Å²) in [6, 6.07) is 0. The molecule has 0 spiro atoms. The van der Waals surface area contributed by atoms with Crippen molar-refractivity contribution in [2.45, 2.75) is 12.8 Å². The Labute approximate surface area is 89.4 Å². The predicted molar refractivity (Wildman–Crippen MR) is 59.4 cm³/mol. The van der Waals surface area contributed by atoms with Gasteiger partial charge in [0.05, 0.1) is 0 Å². The molecule has 0 aromatic carbocycles. The van der Waals surface area contributed by atoms with Gasteiger partial charge in [-0.1, -0.05) is 15.9 Å². The molecule has 76 valence electrons. The third-order valence-corrected chi connectivity index (χ3v) is 3.43.